The number of rotatable bonds is 3. The molecule has 1 aliphatic heterocycles. The molecule has 1 atom stereocenters. The fraction of sp³-hybridized carbons (Fsp3) is 0.294. The molecule has 3 rings (SSSR count). The highest BCUT2D eigenvalue weighted by Crippen LogP contribution is 2.38. The SMILES string of the molecule is O=S(=O)(c1ccccc1F)N1CCSC(c2ccccc2Cl)CC1. The Morgan fingerprint density at radius 1 is 1.08 bits per heavy atom. The molecular formula is C17H17ClFNO2S2. The van der Waals surface area contributed by atoms with Crippen LogP contribution in [-0.2, 0) is 10.0 Å². The van der Waals surface area contributed by atoms with E-state index in [-0.39, 0.29) is 10.1 Å². The largest absolute Gasteiger partial charge is 0.246 e. The van der Waals surface area contributed by atoms with Crippen molar-refractivity contribution in [3.05, 3.63) is 64.9 Å². The van der Waals surface area contributed by atoms with Crippen LogP contribution in [0.4, 0.5) is 4.39 Å². The predicted octanol–water partition coefficient (Wildman–Crippen LogP) is 4.35. The van der Waals surface area contributed by atoms with Gasteiger partial charge >= 0.3 is 0 Å². The first kappa shape index (κ1) is 17.7. The second kappa shape index (κ2) is 7.44. The van der Waals surface area contributed by atoms with Gasteiger partial charge in [0, 0.05) is 29.1 Å². The lowest BCUT2D eigenvalue weighted by Gasteiger charge is -2.20. The third kappa shape index (κ3) is 3.61. The van der Waals surface area contributed by atoms with Gasteiger partial charge in [0.25, 0.3) is 0 Å². The average Bonchev–Trinajstić information content (AvgIpc) is 2.82. The Kier molecular flexibility index (Phi) is 5.49. The average molecular weight is 386 g/mol. The summed E-state index contributed by atoms with van der Waals surface area (Å²) in [5, 5.41) is 0.833. The summed E-state index contributed by atoms with van der Waals surface area (Å²) in [6.07, 6.45) is 0.641. The van der Waals surface area contributed by atoms with Crippen LogP contribution in [-0.4, -0.2) is 31.6 Å². The van der Waals surface area contributed by atoms with E-state index in [4.69, 9.17) is 11.6 Å². The van der Waals surface area contributed by atoms with Crippen LogP contribution in [0.15, 0.2) is 53.4 Å². The Balaban J connectivity index is 1.81. The highest BCUT2D eigenvalue weighted by Gasteiger charge is 2.30. The van der Waals surface area contributed by atoms with Gasteiger partial charge in [0.2, 0.25) is 10.0 Å². The molecule has 0 amide bonds. The second-order valence-electron chi connectivity index (χ2n) is 5.50. The van der Waals surface area contributed by atoms with Gasteiger partial charge in [-0.05, 0) is 30.2 Å². The van der Waals surface area contributed by atoms with Crippen LogP contribution in [0.3, 0.4) is 0 Å². The van der Waals surface area contributed by atoms with Crippen molar-refractivity contribution in [2.45, 2.75) is 16.6 Å². The molecule has 1 heterocycles. The van der Waals surface area contributed by atoms with Crippen LogP contribution in [0.2, 0.25) is 5.02 Å². The van der Waals surface area contributed by atoms with Crippen LogP contribution >= 0.6 is 23.4 Å². The summed E-state index contributed by atoms with van der Waals surface area (Å²) < 4.78 is 40.7. The molecule has 0 bridgehead atoms. The van der Waals surface area contributed by atoms with Crippen molar-refractivity contribution in [1.29, 1.82) is 0 Å². The van der Waals surface area contributed by atoms with E-state index in [0.29, 0.717) is 30.3 Å². The second-order valence-corrected chi connectivity index (χ2v) is 9.13. The van der Waals surface area contributed by atoms with Crippen molar-refractivity contribution >= 4 is 33.4 Å². The molecule has 1 saturated heterocycles. The van der Waals surface area contributed by atoms with Crippen molar-refractivity contribution in [1.82, 2.24) is 4.31 Å². The van der Waals surface area contributed by atoms with Gasteiger partial charge in [-0.15, -0.1) is 0 Å². The lowest BCUT2D eigenvalue weighted by Crippen LogP contribution is -2.33. The molecule has 0 aromatic heterocycles. The Hall–Kier alpha value is -1.08. The maximum Gasteiger partial charge on any atom is 0.246 e. The topological polar surface area (TPSA) is 37.4 Å². The molecule has 0 radical (unpaired) electrons. The molecule has 1 aliphatic rings. The van der Waals surface area contributed by atoms with E-state index in [1.807, 2.05) is 24.3 Å². The van der Waals surface area contributed by atoms with Crippen molar-refractivity contribution in [2.75, 3.05) is 18.8 Å². The first-order valence-corrected chi connectivity index (χ1v) is 10.5. The maximum absolute atomic E-state index is 13.9. The summed E-state index contributed by atoms with van der Waals surface area (Å²) in [6.45, 7) is 0.710. The van der Waals surface area contributed by atoms with E-state index in [1.54, 1.807) is 11.8 Å². The van der Waals surface area contributed by atoms with Gasteiger partial charge in [0.15, 0.2) is 0 Å². The minimum absolute atomic E-state index is 0.138. The summed E-state index contributed by atoms with van der Waals surface area (Å²) in [7, 11) is -3.82. The quantitative estimate of drug-likeness (QED) is 0.788. The number of sulfonamides is 1. The molecule has 24 heavy (non-hydrogen) atoms. The van der Waals surface area contributed by atoms with Crippen LogP contribution in [0.5, 0.6) is 0 Å². The maximum atomic E-state index is 13.9. The number of halogens is 2. The van der Waals surface area contributed by atoms with Crippen LogP contribution in [0.25, 0.3) is 0 Å². The molecule has 0 saturated carbocycles. The Labute approximate surface area is 150 Å². The minimum atomic E-state index is -3.82. The van der Waals surface area contributed by atoms with E-state index in [0.717, 1.165) is 5.56 Å². The van der Waals surface area contributed by atoms with Gasteiger partial charge in [0.05, 0.1) is 0 Å². The number of hydrogen-bond donors (Lipinski definition) is 0. The fourth-order valence-electron chi connectivity index (χ4n) is 2.77. The first-order chi connectivity index (χ1) is 11.5. The zero-order valence-electron chi connectivity index (χ0n) is 12.9. The smallest absolute Gasteiger partial charge is 0.207 e. The third-order valence-electron chi connectivity index (χ3n) is 4.01. The summed E-state index contributed by atoms with van der Waals surface area (Å²) in [6, 6.07) is 13.1. The molecular weight excluding hydrogens is 369 g/mol. The van der Waals surface area contributed by atoms with Crippen LogP contribution in [0.1, 0.15) is 17.2 Å². The normalized spacial score (nSPS) is 19.8. The minimum Gasteiger partial charge on any atom is -0.207 e. The van der Waals surface area contributed by atoms with E-state index in [9.17, 15) is 12.8 Å². The third-order valence-corrected chi connectivity index (χ3v) is 7.59. The Morgan fingerprint density at radius 2 is 1.79 bits per heavy atom. The zero-order valence-corrected chi connectivity index (χ0v) is 15.2. The monoisotopic (exact) mass is 385 g/mol. The first-order valence-electron chi connectivity index (χ1n) is 7.61. The summed E-state index contributed by atoms with van der Waals surface area (Å²) in [5.41, 5.74) is 1.02. The predicted molar refractivity (Wildman–Crippen MR) is 96.4 cm³/mol. The van der Waals surface area contributed by atoms with Crippen LogP contribution < -0.4 is 0 Å². The standard InChI is InChI=1S/C17H17ClFNO2S2/c18-14-6-2-1-5-13(14)16-9-10-20(11-12-23-16)24(21,22)17-8-4-3-7-15(17)19/h1-8,16H,9-12H2. The number of benzene rings is 2. The molecule has 0 spiro atoms. The van der Waals surface area contributed by atoms with Crippen LogP contribution in [0, 0.1) is 5.82 Å². The van der Waals surface area contributed by atoms with E-state index >= 15 is 0 Å². The van der Waals surface area contributed by atoms with Gasteiger partial charge in [-0.2, -0.15) is 16.1 Å². The zero-order chi connectivity index (χ0) is 17.2. The highest BCUT2D eigenvalue weighted by atomic mass is 35.5. The summed E-state index contributed by atoms with van der Waals surface area (Å²) >= 11 is 7.95. The molecule has 2 aromatic carbocycles. The fourth-order valence-corrected chi connectivity index (χ4v) is 6.00. The Bertz CT molecular complexity index is 829. The molecule has 1 fully saturated rings. The van der Waals surface area contributed by atoms with Gasteiger partial charge in [-0.1, -0.05) is 41.9 Å². The lowest BCUT2D eigenvalue weighted by atomic mass is 10.1. The molecule has 1 unspecified atom stereocenters. The summed E-state index contributed by atoms with van der Waals surface area (Å²) in [4.78, 5) is -0.258. The van der Waals surface area contributed by atoms with E-state index in [2.05, 4.69) is 0 Å². The van der Waals surface area contributed by atoms with Crippen molar-refractivity contribution in [3.63, 3.8) is 0 Å². The molecule has 128 valence electrons. The molecule has 2 aromatic rings. The van der Waals surface area contributed by atoms with Gasteiger partial charge in [-0.25, -0.2) is 12.8 Å². The Morgan fingerprint density at radius 3 is 2.54 bits per heavy atom. The molecule has 7 heteroatoms. The van der Waals surface area contributed by atoms with Gasteiger partial charge in [-0.3, -0.25) is 0 Å². The number of thioether (sulfide) groups is 1. The van der Waals surface area contributed by atoms with Crippen molar-refractivity contribution in [3.8, 4) is 0 Å². The molecule has 3 nitrogen and oxygen atoms in total. The highest BCUT2D eigenvalue weighted by molar-refractivity contribution is 7.99. The lowest BCUT2D eigenvalue weighted by molar-refractivity contribution is 0.424. The van der Waals surface area contributed by atoms with E-state index < -0.39 is 15.8 Å². The number of nitrogens with zero attached hydrogens (tertiary/aromatic N) is 1. The van der Waals surface area contributed by atoms with Gasteiger partial charge in [0.1, 0.15) is 10.7 Å². The van der Waals surface area contributed by atoms with Crippen molar-refractivity contribution < 1.29 is 12.8 Å². The molecule has 0 aliphatic carbocycles. The number of hydrogen-bond acceptors (Lipinski definition) is 3. The summed E-state index contributed by atoms with van der Waals surface area (Å²) in [5.74, 6) is -0.0686. The van der Waals surface area contributed by atoms with Gasteiger partial charge < -0.3 is 0 Å². The molecule has 0 N–H and O–H groups in total. The van der Waals surface area contributed by atoms with E-state index in [1.165, 1.54) is 28.6 Å². The van der Waals surface area contributed by atoms with Crippen molar-refractivity contribution in [2.24, 2.45) is 0 Å².